The van der Waals surface area contributed by atoms with Crippen LogP contribution in [-0.2, 0) is 19.1 Å². The number of ether oxygens (including phenoxy) is 2. The number of hydrogen-bond acceptors (Lipinski definition) is 5. The Balaban J connectivity index is 2.19. The molecule has 0 aromatic heterocycles. The average Bonchev–Trinajstić information content (AvgIpc) is 2.84. The molecule has 2 fully saturated rings. The van der Waals surface area contributed by atoms with E-state index in [9.17, 15) is 9.59 Å². The molecule has 0 unspecified atom stereocenters. The Morgan fingerprint density at radius 2 is 2.00 bits per heavy atom. The van der Waals surface area contributed by atoms with Gasteiger partial charge in [-0.05, 0) is 13.2 Å². The average molecular weight is 240 g/mol. The van der Waals surface area contributed by atoms with Crippen molar-refractivity contribution < 1.29 is 19.1 Å². The summed E-state index contributed by atoms with van der Waals surface area (Å²) in [5.74, 6) is -0.311. The molecule has 5 heteroatoms. The molecule has 0 aliphatic carbocycles. The summed E-state index contributed by atoms with van der Waals surface area (Å²) < 4.78 is 10.5. The molecular formula is C11H12O4S. The summed E-state index contributed by atoms with van der Waals surface area (Å²) in [6.45, 7) is 1.78. The molecule has 2 bridgehead atoms. The second-order valence-corrected chi connectivity index (χ2v) is 5.51. The number of carbonyl (C=O) groups is 2. The second kappa shape index (κ2) is 2.90. The van der Waals surface area contributed by atoms with E-state index in [1.54, 1.807) is 18.7 Å². The molecule has 3 aliphatic rings. The molecule has 0 radical (unpaired) electrons. The third kappa shape index (κ3) is 0.810. The highest BCUT2D eigenvalue weighted by Gasteiger charge is 2.77. The lowest BCUT2D eigenvalue weighted by Gasteiger charge is -2.34. The number of hydrogen-bond donors (Lipinski definition) is 0. The highest BCUT2D eigenvalue weighted by Crippen LogP contribution is 2.62. The molecule has 3 heterocycles. The van der Waals surface area contributed by atoms with Crippen molar-refractivity contribution in [2.24, 2.45) is 10.8 Å². The lowest BCUT2D eigenvalue weighted by Crippen LogP contribution is -2.50. The number of rotatable bonds is 2. The Kier molecular flexibility index (Phi) is 1.87. The van der Waals surface area contributed by atoms with Crippen LogP contribution in [0.3, 0.4) is 0 Å². The van der Waals surface area contributed by atoms with E-state index in [1.165, 1.54) is 0 Å². The number of esters is 2. The number of fused-ring (bicyclic) bond motifs is 5. The molecule has 4 nitrogen and oxygen atoms in total. The fourth-order valence-corrected chi connectivity index (χ4v) is 4.07. The maximum atomic E-state index is 12.0. The van der Waals surface area contributed by atoms with Gasteiger partial charge in [-0.3, -0.25) is 9.59 Å². The normalized spacial score (nSPS) is 48.6. The van der Waals surface area contributed by atoms with Gasteiger partial charge in [-0.1, -0.05) is 12.2 Å². The van der Waals surface area contributed by atoms with Gasteiger partial charge in [0.05, 0.1) is 12.2 Å². The van der Waals surface area contributed by atoms with E-state index in [0.717, 1.165) is 0 Å². The summed E-state index contributed by atoms with van der Waals surface area (Å²) in [6, 6.07) is 0. The summed E-state index contributed by atoms with van der Waals surface area (Å²) in [6.07, 6.45) is 5.03. The smallest absolute Gasteiger partial charge is 0.324 e. The van der Waals surface area contributed by atoms with E-state index < -0.39 is 22.8 Å². The van der Waals surface area contributed by atoms with Crippen LogP contribution in [-0.4, -0.2) is 36.2 Å². The summed E-state index contributed by atoms with van der Waals surface area (Å²) in [7, 11) is 0. The zero-order valence-electron chi connectivity index (χ0n) is 9.06. The van der Waals surface area contributed by atoms with Gasteiger partial charge < -0.3 is 9.47 Å². The van der Waals surface area contributed by atoms with Gasteiger partial charge in [0.2, 0.25) is 0 Å². The first-order chi connectivity index (χ1) is 7.57. The number of thioether (sulfide) groups is 1. The first-order valence-electron chi connectivity index (χ1n) is 5.17. The predicted octanol–water partition coefficient (Wildman–Crippen LogP) is 0.763. The van der Waals surface area contributed by atoms with Gasteiger partial charge in [0.15, 0.2) is 0 Å². The van der Waals surface area contributed by atoms with Gasteiger partial charge in [-0.2, -0.15) is 11.8 Å². The van der Waals surface area contributed by atoms with Gasteiger partial charge in [-0.25, -0.2) is 0 Å². The lowest BCUT2D eigenvalue weighted by atomic mass is 9.61. The third-order valence-electron chi connectivity index (χ3n) is 4.08. The first-order valence-corrected chi connectivity index (χ1v) is 6.56. The summed E-state index contributed by atoms with van der Waals surface area (Å²) >= 11 is 1.54. The first kappa shape index (κ1) is 10.4. The monoisotopic (exact) mass is 240 g/mol. The molecule has 2 saturated heterocycles. The van der Waals surface area contributed by atoms with Crippen LogP contribution in [0.1, 0.15) is 6.92 Å². The van der Waals surface area contributed by atoms with Crippen LogP contribution in [0.4, 0.5) is 0 Å². The van der Waals surface area contributed by atoms with Crippen molar-refractivity contribution in [1.29, 1.82) is 0 Å². The van der Waals surface area contributed by atoms with Gasteiger partial charge in [0.25, 0.3) is 0 Å². The zero-order chi connectivity index (χ0) is 11.6. The van der Waals surface area contributed by atoms with E-state index in [-0.39, 0.29) is 12.2 Å². The lowest BCUT2D eigenvalue weighted by molar-refractivity contribution is -0.159. The number of carbonyl (C=O) groups excluding carboxylic acids is 2. The van der Waals surface area contributed by atoms with E-state index in [4.69, 9.17) is 9.47 Å². The van der Waals surface area contributed by atoms with Crippen LogP contribution in [0.25, 0.3) is 0 Å². The van der Waals surface area contributed by atoms with Gasteiger partial charge in [0, 0.05) is 5.75 Å². The van der Waals surface area contributed by atoms with Gasteiger partial charge in [0.1, 0.15) is 10.8 Å². The standard InChI is InChI=1S/C11H12O4S/c1-10-6-3-4-7(14-6)11(10,5-16-2)9(13)15-8(10)12/h3-4,6-7H,5H2,1-2H3/t6-,7+,10+,11-/m0/s1. The molecule has 0 amide bonds. The van der Waals surface area contributed by atoms with Crippen LogP contribution in [0.15, 0.2) is 12.2 Å². The maximum Gasteiger partial charge on any atom is 0.324 e. The molecule has 86 valence electrons. The van der Waals surface area contributed by atoms with Crippen LogP contribution in [0.2, 0.25) is 0 Å². The highest BCUT2D eigenvalue weighted by molar-refractivity contribution is 7.98. The third-order valence-corrected chi connectivity index (χ3v) is 4.83. The molecule has 0 saturated carbocycles. The second-order valence-electron chi connectivity index (χ2n) is 4.65. The minimum absolute atomic E-state index is 0.311. The largest absolute Gasteiger partial charge is 0.392 e. The van der Waals surface area contributed by atoms with Crippen LogP contribution in [0, 0.1) is 10.8 Å². The van der Waals surface area contributed by atoms with Crippen molar-refractivity contribution in [3.05, 3.63) is 12.2 Å². The van der Waals surface area contributed by atoms with Gasteiger partial charge >= 0.3 is 11.9 Å². The summed E-state index contributed by atoms with van der Waals surface area (Å²) in [4.78, 5) is 23.9. The van der Waals surface area contributed by atoms with Crippen LogP contribution < -0.4 is 0 Å². The summed E-state index contributed by atoms with van der Waals surface area (Å²) in [5, 5.41) is 0. The number of cyclic esters (lactones) is 2. The van der Waals surface area contributed by atoms with E-state index in [0.29, 0.717) is 5.75 Å². The fraction of sp³-hybridized carbons (Fsp3) is 0.636. The van der Waals surface area contributed by atoms with Crippen molar-refractivity contribution in [3.8, 4) is 0 Å². The van der Waals surface area contributed by atoms with Crippen molar-refractivity contribution in [3.63, 3.8) is 0 Å². The van der Waals surface area contributed by atoms with Gasteiger partial charge in [-0.15, -0.1) is 0 Å². The van der Waals surface area contributed by atoms with E-state index in [2.05, 4.69) is 0 Å². The Morgan fingerprint density at radius 3 is 2.69 bits per heavy atom. The Morgan fingerprint density at radius 1 is 1.31 bits per heavy atom. The highest BCUT2D eigenvalue weighted by atomic mass is 32.2. The van der Waals surface area contributed by atoms with Crippen LogP contribution >= 0.6 is 11.8 Å². The van der Waals surface area contributed by atoms with Crippen molar-refractivity contribution in [1.82, 2.24) is 0 Å². The summed E-state index contributed by atoms with van der Waals surface area (Å²) in [5.41, 5.74) is -1.66. The molecule has 0 aromatic carbocycles. The Hall–Kier alpha value is -0.810. The van der Waals surface area contributed by atoms with E-state index in [1.807, 2.05) is 18.4 Å². The topological polar surface area (TPSA) is 52.6 Å². The molecule has 4 atom stereocenters. The molecule has 16 heavy (non-hydrogen) atoms. The Bertz CT molecular complexity index is 418. The SMILES string of the molecule is CSC[C@]12C(=O)OC(=O)[C@@]1(C)[C@@H]1C=C[C@H]2O1. The molecular weight excluding hydrogens is 228 g/mol. The van der Waals surface area contributed by atoms with Crippen molar-refractivity contribution in [2.45, 2.75) is 19.1 Å². The molecule has 0 spiro atoms. The van der Waals surface area contributed by atoms with Crippen LogP contribution in [0.5, 0.6) is 0 Å². The molecule has 3 rings (SSSR count). The van der Waals surface area contributed by atoms with E-state index >= 15 is 0 Å². The molecule has 0 N–H and O–H groups in total. The zero-order valence-corrected chi connectivity index (χ0v) is 9.87. The fourth-order valence-electron chi connectivity index (χ4n) is 3.04. The molecule has 0 aromatic rings. The predicted molar refractivity (Wildman–Crippen MR) is 57.8 cm³/mol. The quantitative estimate of drug-likeness (QED) is 0.405. The minimum atomic E-state index is -0.841. The van der Waals surface area contributed by atoms with Crippen molar-refractivity contribution in [2.75, 3.05) is 12.0 Å². The Labute approximate surface area is 97.4 Å². The minimum Gasteiger partial charge on any atom is -0.392 e. The molecule has 3 aliphatic heterocycles. The maximum absolute atomic E-state index is 12.0. The van der Waals surface area contributed by atoms with Crippen molar-refractivity contribution >= 4 is 23.7 Å².